The van der Waals surface area contributed by atoms with Gasteiger partial charge in [-0.1, -0.05) is 42.5 Å². The van der Waals surface area contributed by atoms with Crippen LogP contribution in [0.15, 0.2) is 65.5 Å². The molecule has 10 nitrogen and oxygen atoms in total. The van der Waals surface area contributed by atoms with E-state index in [-0.39, 0.29) is 22.8 Å². The van der Waals surface area contributed by atoms with Crippen LogP contribution in [0.3, 0.4) is 0 Å². The number of amides is 1. The van der Waals surface area contributed by atoms with E-state index in [1.807, 2.05) is 30.3 Å². The van der Waals surface area contributed by atoms with E-state index in [0.29, 0.717) is 12.2 Å². The van der Waals surface area contributed by atoms with Gasteiger partial charge in [0.05, 0.1) is 4.92 Å². The van der Waals surface area contributed by atoms with Gasteiger partial charge in [0.2, 0.25) is 5.78 Å². The fraction of sp³-hybridized carbons (Fsp3) is 0.0526. The zero-order valence-electron chi connectivity index (χ0n) is 14.9. The molecule has 0 saturated heterocycles. The maximum atomic E-state index is 12.6. The van der Waals surface area contributed by atoms with Crippen molar-refractivity contribution in [2.75, 3.05) is 5.32 Å². The first-order valence-corrected chi connectivity index (χ1v) is 8.59. The summed E-state index contributed by atoms with van der Waals surface area (Å²) in [6.45, 7) is 0. The second-order valence-corrected chi connectivity index (χ2v) is 6.17. The van der Waals surface area contributed by atoms with Crippen LogP contribution in [0.1, 0.15) is 21.7 Å². The second-order valence-electron chi connectivity index (χ2n) is 6.17. The number of carbonyl (C=O) groups is 1. The number of para-hydroxylation sites is 1. The lowest BCUT2D eigenvalue weighted by Crippen LogP contribution is -2.19. The zero-order chi connectivity index (χ0) is 20.4. The number of nitrogens with zero attached hydrogens (tertiary/aromatic N) is 4. The minimum atomic E-state index is -0.732. The summed E-state index contributed by atoms with van der Waals surface area (Å²) >= 11 is 0. The van der Waals surface area contributed by atoms with Crippen LogP contribution in [0, 0.1) is 10.1 Å². The first-order valence-electron chi connectivity index (χ1n) is 8.59. The molecule has 144 valence electrons. The summed E-state index contributed by atoms with van der Waals surface area (Å²) in [6.07, 6.45) is 0.433. The van der Waals surface area contributed by atoms with Crippen LogP contribution in [-0.4, -0.2) is 30.4 Å². The Morgan fingerprint density at radius 3 is 2.62 bits per heavy atom. The van der Waals surface area contributed by atoms with Crippen molar-refractivity contribution in [1.29, 1.82) is 0 Å². The Hall–Kier alpha value is -4.34. The summed E-state index contributed by atoms with van der Waals surface area (Å²) in [5.41, 5.74) is 0.0234. The number of H-pyrrole nitrogens is 1. The summed E-state index contributed by atoms with van der Waals surface area (Å²) in [6, 6.07) is 16.2. The maximum Gasteiger partial charge on any atom is 0.282 e. The average molecular weight is 390 g/mol. The van der Waals surface area contributed by atoms with Gasteiger partial charge in [-0.15, -0.1) is 5.10 Å². The molecule has 4 aromatic rings. The van der Waals surface area contributed by atoms with Crippen molar-refractivity contribution in [2.45, 2.75) is 6.42 Å². The molecule has 0 fully saturated rings. The Bertz CT molecular complexity index is 1280. The molecular weight excluding hydrogens is 376 g/mol. The number of fused-ring (bicyclic) bond motifs is 1. The Labute approximate surface area is 163 Å². The van der Waals surface area contributed by atoms with Gasteiger partial charge in [-0.25, -0.2) is 0 Å². The van der Waals surface area contributed by atoms with Gasteiger partial charge in [-0.3, -0.25) is 24.7 Å². The molecule has 2 N–H and O–H groups in total. The fourth-order valence-corrected chi connectivity index (χ4v) is 2.89. The predicted octanol–water partition coefficient (Wildman–Crippen LogP) is 2.17. The summed E-state index contributed by atoms with van der Waals surface area (Å²) < 4.78 is 1.28. The van der Waals surface area contributed by atoms with E-state index in [9.17, 15) is 19.7 Å². The third-order valence-corrected chi connectivity index (χ3v) is 4.17. The van der Waals surface area contributed by atoms with Gasteiger partial charge in [0.15, 0.2) is 5.82 Å². The lowest BCUT2D eigenvalue weighted by molar-refractivity contribution is -0.385. The van der Waals surface area contributed by atoms with Gasteiger partial charge in [0.25, 0.3) is 17.2 Å². The van der Waals surface area contributed by atoms with Crippen LogP contribution >= 0.6 is 0 Å². The number of nitro benzene ring substituents is 1. The maximum absolute atomic E-state index is 12.6. The monoisotopic (exact) mass is 390 g/mol. The van der Waals surface area contributed by atoms with Gasteiger partial charge in [0, 0.05) is 18.6 Å². The van der Waals surface area contributed by atoms with Crippen LogP contribution < -0.4 is 10.9 Å². The van der Waals surface area contributed by atoms with Crippen LogP contribution in [0.2, 0.25) is 0 Å². The quantitative estimate of drug-likeness (QED) is 0.396. The molecule has 29 heavy (non-hydrogen) atoms. The van der Waals surface area contributed by atoms with Crippen molar-refractivity contribution in [1.82, 2.24) is 19.6 Å². The smallest absolute Gasteiger partial charge is 0.282 e. The molecule has 0 bridgehead atoms. The Balaban J connectivity index is 1.70. The summed E-state index contributed by atoms with van der Waals surface area (Å²) in [5, 5.41) is 18.0. The highest BCUT2D eigenvalue weighted by Crippen LogP contribution is 2.19. The van der Waals surface area contributed by atoms with Gasteiger partial charge in [-0.05, 0) is 11.6 Å². The number of hydrogen-bond acceptors (Lipinski definition) is 6. The van der Waals surface area contributed by atoms with E-state index in [0.717, 1.165) is 11.6 Å². The number of hydrogen-bond donors (Lipinski definition) is 2. The highest BCUT2D eigenvalue weighted by Gasteiger charge is 2.21. The van der Waals surface area contributed by atoms with Gasteiger partial charge >= 0.3 is 0 Å². The summed E-state index contributed by atoms with van der Waals surface area (Å²) in [5.74, 6) is -0.0800. The number of nitrogens with one attached hydrogen (secondary N) is 2. The third kappa shape index (κ3) is 3.72. The van der Waals surface area contributed by atoms with E-state index in [1.165, 1.54) is 28.8 Å². The minimum Gasteiger partial charge on any atom is -0.306 e. The van der Waals surface area contributed by atoms with Crippen LogP contribution in [0.5, 0.6) is 0 Å². The molecule has 0 saturated carbocycles. The largest absolute Gasteiger partial charge is 0.306 e. The summed E-state index contributed by atoms with van der Waals surface area (Å²) in [7, 11) is 0. The molecule has 1 amide bonds. The first kappa shape index (κ1) is 18.0. The predicted molar refractivity (Wildman–Crippen MR) is 104 cm³/mol. The molecule has 10 heteroatoms. The normalized spacial score (nSPS) is 10.8. The number of rotatable bonds is 5. The Kier molecular flexibility index (Phi) is 4.57. The Morgan fingerprint density at radius 2 is 1.86 bits per heavy atom. The molecule has 0 unspecified atom stereocenters. The van der Waals surface area contributed by atoms with Crippen LogP contribution in [-0.2, 0) is 6.42 Å². The van der Waals surface area contributed by atoms with Gasteiger partial charge in [-0.2, -0.15) is 9.50 Å². The molecule has 0 aliphatic rings. The highest BCUT2D eigenvalue weighted by atomic mass is 16.6. The first-order chi connectivity index (χ1) is 14.0. The van der Waals surface area contributed by atoms with E-state index in [4.69, 9.17) is 0 Å². The molecule has 2 aromatic carbocycles. The van der Waals surface area contributed by atoms with E-state index in [2.05, 4.69) is 20.4 Å². The molecule has 0 radical (unpaired) electrons. The second kappa shape index (κ2) is 7.35. The fourth-order valence-electron chi connectivity index (χ4n) is 2.89. The number of benzene rings is 2. The molecule has 2 aromatic heterocycles. The van der Waals surface area contributed by atoms with Crippen molar-refractivity contribution in [3.8, 4) is 0 Å². The van der Waals surface area contributed by atoms with Crippen molar-refractivity contribution in [2.24, 2.45) is 0 Å². The van der Waals surface area contributed by atoms with Gasteiger partial charge in [0.1, 0.15) is 11.4 Å². The number of nitro groups is 1. The van der Waals surface area contributed by atoms with E-state index in [1.54, 1.807) is 0 Å². The van der Waals surface area contributed by atoms with Crippen molar-refractivity contribution < 1.29 is 9.72 Å². The number of anilines is 1. The van der Waals surface area contributed by atoms with E-state index >= 15 is 0 Å². The molecule has 0 aliphatic heterocycles. The molecule has 0 aliphatic carbocycles. The third-order valence-electron chi connectivity index (χ3n) is 4.17. The van der Waals surface area contributed by atoms with Crippen LogP contribution in [0.25, 0.3) is 5.78 Å². The Morgan fingerprint density at radius 1 is 1.14 bits per heavy atom. The molecule has 2 heterocycles. The average Bonchev–Trinajstić information content (AvgIpc) is 3.11. The summed E-state index contributed by atoms with van der Waals surface area (Å²) in [4.78, 5) is 41.9. The van der Waals surface area contributed by atoms with Gasteiger partial charge < -0.3 is 5.32 Å². The van der Waals surface area contributed by atoms with Crippen LogP contribution in [0.4, 0.5) is 11.5 Å². The minimum absolute atomic E-state index is 0.0544. The lowest BCUT2D eigenvalue weighted by atomic mass is 10.1. The standard InChI is InChI=1S/C19H14N6O4/c26-17-11-16(21-18(27)13-8-4-5-9-14(13)25(28)29)24-19(22-17)20-15(23-24)10-12-6-2-1-3-7-12/h1-9,11H,10H2,(H,21,27)(H,20,22,23,26). The molecule has 4 rings (SSSR count). The zero-order valence-corrected chi connectivity index (χ0v) is 14.9. The van der Waals surface area contributed by atoms with Crippen molar-refractivity contribution in [3.05, 3.63) is 98.1 Å². The lowest BCUT2D eigenvalue weighted by Gasteiger charge is -2.06. The van der Waals surface area contributed by atoms with Crippen molar-refractivity contribution >= 4 is 23.2 Å². The van der Waals surface area contributed by atoms with E-state index < -0.39 is 16.4 Å². The number of carbonyl (C=O) groups excluding carboxylic acids is 1. The molecule has 0 atom stereocenters. The van der Waals surface area contributed by atoms with Crippen molar-refractivity contribution in [3.63, 3.8) is 0 Å². The number of aromatic nitrogens is 4. The molecule has 0 spiro atoms. The number of aromatic amines is 1. The SMILES string of the molecule is O=C(Nc1cc(=O)[nH]c2nc(Cc3ccccc3)nn12)c1ccccc1[N+](=O)[O-]. The topological polar surface area (TPSA) is 135 Å². The highest BCUT2D eigenvalue weighted by molar-refractivity contribution is 6.06. The molecular formula is C19H14N6O4.